The number of hydrogen-bond donors (Lipinski definition) is 1. The highest BCUT2D eigenvalue weighted by atomic mass is 79.9. The SMILES string of the molecule is C=C(Br)CNC(=O)c1cc(Br)cs1. The molecule has 1 heterocycles. The van der Waals surface area contributed by atoms with E-state index in [1.54, 1.807) is 6.07 Å². The van der Waals surface area contributed by atoms with Gasteiger partial charge in [0.25, 0.3) is 5.91 Å². The van der Waals surface area contributed by atoms with Crippen molar-refractivity contribution in [3.8, 4) is 0 Å². The summed E-state index contributed by atoms with van der Waals surface area (Å²) in [6.45, 7) is 4.07. The van der Waals surface area contributed by atoms with Crippen LogP contribution >= 0.6 is 43.2 Å². The fraction of sp³-hybridized carbons (Fsp3) is 0.125. The first-order valence-electron chi connectivity index (χ1n) is 3.45. The van der Waals surface area contributed by atoms with Crippen molar-refractivity contribution in [3.05, 3.63) is 31.9 Å². The van der Waals surface area contributed by atoms with E-state index in [1.807, 2.05) is 5.38 Å². The van der Waals surface area contributed by atoms with Gasteiger partial charge in [0.2, 0.25) is 0 Å². The van der Waals surface area contributed by atoms with Crippen LogP contribution in [0.4, 0.5) is 0 Å². The van der Waals surface area contributed by atoms with Gasteiger partial charge in [-0.05, 0) is 22.0 Å². The lowest BCUT2D eigenvalue weighted by Gasteiger charge is -2.00. The molecule has 13 heavy (non-hydrogen) atoms. The van der Waals surface area contributed by atoms with Crippen LogP contribution < -0.4 is 5.32 Å². The Morgan fingerprint density at radius 2 is 2.38 bits per heavy atom. The van der Waals surface area contributed by atoms with Gasteiger partial charge in [-0.3, -0.25) is 4.79 Å². The minimum absolute atomic E-state index is 0.0729. The monoisotopic (exact) mass is 323 g/mol. The maximum absolute atomic E-state index is 11.4. The fourth-order valence-corrected chi connectivity index (χ4v) is 2.18. The molecule has 1 aromatic rings. The smallest absolute Gasteiger partial charge is 0.261 e. The van der Waals surface area contributed by atoms with E-state index in [4.69, 9.17) is 0 Å². The number of hydrogen-bond acceptors (Lipinski definition) is 2. The Kier molecular flexibility index (Phi) is 4.15. The average molecular weight is 325 g/mol. The van der Waals surface area contributed by atoms with Crippen molar-refractivity contribution in [1.82, 2.24) is 5.32 Å². The fourth-order valence-electron chi connectivity index (χ4n) is 0.695. The first-order chi connectivity index (χ1) is 6.09. The molecule has 70 valence electrons. The molecule has 1 N–H and O–H groups in total. The standard InChI is InChI=1S/C8H7Br2NOS/c1-5(9)3-11-8(12)7-2-6(10)4-13-7/h2,4H,1,3H2,(H,11,12). The molecular weight excluding hydrogens is 318 g/mol. The Morgan fingerprint density at radius 1 is 1.69 bits per heavy atom. The van der Waals surface area contributed by atoms with Crippen molar-refractivity contribution in [2.24, 2.45) is 0 Å². The second kappa shape index (κ2) is 4.93. The Hall–Kier alpha value is -0.130. The van der Waals surface area contributed by atoms with Crippen molar-refractivity contribution in [2.75, 3.05) is 6.54 Å². The molecule has 1 aromatic heterocycles. The van der Waals surface area contributed by atoms with Crippen LogP contribution in [0.5, 0.6) is 0 Å². The molecule has 2 nitrogen and oxygen atoms in total. The molecule has 0 saturated carbocycles. The van der Waals surface area contributed by atoms with Crippen LogP contribution in [-0.4, -0.2) is 12.5 Å². The molecule has 1 amide bonds. The summed E-state index contributed by atoms with van der Waals surface area (Å²) in [4.78, 5) is 12.1. The molecule has 0 saturated heterocycles. The maximum Gasteiger partial charge on any atom is 0.261 e. The molecule has 1 rings (SSSR count). The predicted molar refractivity (Wildman–Crippen MR) is 62.4 cm³/mol. The molecule has 0 unspecified atom stereocenters. The highest BCUT2D eigenvalue weighted by molar-refractivity contribution is 9.11. The van der Waals surface area contributed by atoms with E-state index >= 15 is 0 Å². The van der Waals surface area contributed by atoms with Crippen LogP contribution in [-0.2, 0) is 0 Å². The van der Waals surface area contributed by atoms with Crippen molar-refractivity contribution >= 4 is 49.1 Å². The highest BCUT2D eigenvalue weighted by Crippen LogP contribution is 2.19. The third-order valence-electron chi connectivity index (χ3n) is 1.23. The zero-order chi connectivity index (χ0) is 9.84. The zero-order valence-corrected chi connectivity index (χ0v) is 10.6. The van der Waals surface area contributed by atoms with Gasteiger partial charge in [-0.2, -0.15) is 0 Å². The molecule has 0 atom stereocenters. The van der Waals surface area contributed by atoms with Gasteiger partial charge < -0.3 is 5.32 Å². The van der Waals surface area contributed by atoms with Gasteiger partial charge in [0.05, 0.1) is 4.88 Å². The Balaban J connectivity index is 2.54. The van der Waals surface area contributed by atoms with E-state index in [0.29, 0.717) is 11.4 Å². The lowest BCUT2D eigenvalue weighted by atomic mass is 10.4. The van der Waals surface area contributed by atoms with Gasteiger partial charge >= 0.3 is 0 Å². The summed E-state index contributed by atoms with van der Waals surface area (Å²) in [5, 5.41) is 4.59. The van der Waals surface area contributed by atoms with Crippen LogP contribution in [0.3, 0.4) is 0 Å². The van der Waals surface area contributed by atoms with Crippen molar-refractivity contribution in [2.45, 2.75) is 0 Å². The number of carbonyl (C=O) groups is 1. The summed E-state index contributed by atoms with van der Waals surface area (Å²) < 4.78 is 1.69. The maximum atomic E-state index is 11.4. The summed E-state index contributed by atoms with van der Waals surface area (Å²) in [5.41, 5.74) is 0. The van der Waals surface area contributed by atoms with E-state index in [2.05, 4.69) is 43.8 Å². The molecule has 5 heteroatoms. The van der Waals surface area contributed by atoms with Gasteiger partial charge in [0.1, 0.15) is 0 Å². The molecule has 0 bridgehead atoms. The van der Waals surface area contributed by atoms with Crippen molar-refractivity contribution in [1.29, 1.82) is 0 Å². The first kappa shape index (κ1) is 10.9. The number of amides is 1. The quantitative estimate of drug-likeness (QED) is 0.909. The summed E-state index contributed by atoms with van der Waals surface area (Å²) in [7, 11) is 0. The van der Waals surface area contributed by atoms with Gasteiger partial charge in [0.15, 0.2) is 0 Å². The summed E-state index contributed by atoms with van der Waals surface area (Å²) in [5.74, 6) is -0.0729. The minimum atomic E-state index is -0.0729. The molecule has 0 aromatic carbocycles. The normalized spacial score (nSPS) is 9.69. The number of halogens is 2. The molecule has 0 radical (unpaired) electrons. The summed E-state index contributed by atoms with van der Waals surface area (Å²) in [6.07, 6.45) is 0. The highest BCUT2D eigenvalue weighted by Gasteiger charge is 2.07. The Morgan fingerprint density at radius 3 is 2.85 bits per heavy atom. The third kappa shape index (κ3) is 3.62. The van der Waals surface area contributed by atoms with Crippen LogP contribution in [0.1, 0.15) is 9.67 Å². The van der Waals surface area contributed by atoms with Crippen LogP contribution in [0.25, 0.3) is 0 Å². The average Bonchev–Trinajstić information content (AvgIpc) is 2.47. The number of nitrogens with one attached hydrogen (secondary N) is 1. The van der Waals surface area contributed by atoms with E-state index in [-0.39, 0.29) is 5.91 Å². The first-order valence-corrected chi connectivity index (χ1v) is 5.91. The molecule has 0 aliphatic rings. The summed E-state index contributed by atoms with van der Waals surface area (Å²) in [6, 6.07) is 1.79. The minimum Gasteiger partial charge on any atom is -0.347 e. The zero-order valence-electron chi connectivity index (χ0n) is 6.64. The number of thiophene rings is 1. The topological polar surface area (TPSA) is 29.1 Å². The second-order valence-electron chi connectivity index (χ2n) is 2.33. The van der Waals surface area contributed by atoms with Crippen LogP contribution in [0.2, 0.25) is 0 Å². The van der Waals surface area contributed by atoms with Crippen LogP contribution in [0, 0.1) is 0 Å². The van der Waals surface area contributed by atoms with Gasteiger partial charge in [-0.25, -0.2) is 0 Å². The molecular formula is C8H7Br2NOS. The van der Waals surface area contributed by atoms with E-state index in [9.17, 15) is 4.79 Å². The molecule has 0 fully saturated rings. The lowest BCUT2D eigenvalue weighted by Crippen LogP contribution is -2.23. The van der Waals surface area contributed by atoms with Gasteiger partial charge in [0, 0.05) is 20.9 Å². The lowest BCUT2D eigenvalue weighted by molar-refractivity contribution is 0.0962. The van der Waals surface area contributed by atoms with Crippen molar-refractivity contribution in [3.63, 3.8) is 0 Å². The number of rotatable bonds is 3. The largest absolute Gasteiger partial charge is 0.347 e. The molecule has 0 spiro atoms. The Labute approximate surface area is 97.3 Å². The van der Waals surface area contributed by atoms with Crippen LogP contribution in [0.15, 0.2) is 27.0 Å². The van der Waals surface area contributed by atoms with Gasteiger partial charge in [-0.1, -0.05) is 22.5 Å². The van der Waals surface area contributed by atoms with E-state index in [0.717, 1.165) is 8.96 Å². The van der Waals surface area contributed by atoms with E-state index < -0.39 is 0 Å². The van der Waals surface area contributed by atoms with E-state index in [1.165, 1.54) is 11.3 Å². The third-order valence-corrected chi connectivity index (χ3v) is 3.20. The molecule has 0 aliphatic carbocycles. The second-order valence-corrected chi connectivity index (χ2v) is 5.28. The predicted octanol–water partition coefficient (Wildman–Crippen LogP) is 3.15. The summed E-state index contributed by atoms with van der Waals surface area (Å²) >= 11 is 7.86. The Bertz CT molecular complexity index is 335. The van der Waals surface area contributed by atoms with Gasteiger partial charge in [-0.15, -0.1) is 11.3 Å². The van der Waals surface area contributed by atoms with Crippen molar-refractivity contribution < 1.29 is 4.79 Å². The number of carbonyl (C=O) groups excluding carboxylic acids is 1. The molecule has 0 aliphatic heterocycles.